The van der Waals surface area contributed by atoms with E-state index in [0.717, 1.165) is 11.1 Å². The van der Waals surface area contributed by atoms with Gasteiger partial charge >= 0.3 is 0 Å². The molecule has 0 fully saturated rings. The average molecular weight is 711 g/mol. The third-order valence-corrected chi connectivity index (χ3v) is 8.25. The first-order chi connectivity index (χ1) is 23.9. The van der Waals surface area contributed by atoms with Crippen LogP contribution in [0, 0.1) is 29.1 Å². The van der Waals surface area contributed by atoms with Gasteiger partial charge in [-0.05, 0) is 53.8 Å². The Kier molecular flexibility index (Phi) is 12.6. The number of hydrogen-bond donors (Lipinski definition) is 5. The van der Waals surface area contributed by atoms with Gasteiger partial charge in [0.05, 0.1) is 30.2 Å². The maximum atomic E-state index is 13.2. The third-order valence-electron chi connectivity index (χ3n) is 8.25. The van der Waals surface area contributed by atoms with Gasteiger partial charge in [-0.3, -0.25) is 24.6 Å². The first-order valence-electron chi connectivity index (χ1n) is 16.0. The summed E-state index contributed by atoms with van der Waals surface area (Å²) >= 11 is 0. The SMILES string of the molecule is Cl.Cn1cc(NC(=O)Cc2ccc(CO[C@H]3C#C/C=C\C#C[C@]4(O)CCC=C3C4=O)cc2)cc1C(=O)Cc1cc(C(=O)NCCC(=N)N)n(C)c1. The molecule has 51 heavy (non-hydrogen) atoms. The fourth-order valence-corrected chi connectivity index (χ4v) is 5.67. The van der Waals surface area contributed by atoms with Gasteiger partial charge in [-0.25, -0.2) is 0 Å². The van der Waals surface area contributed by atoms with Gasteiger partial charge in [-0.15, -0.1) is 12.4 Å². The van der Waals surface area contributed by atoms with E-state index in [9.17, 15) is 24.3 Å². The lowest BCUT2D eigenvalue weighted by Crippen LogP contribution is -2.43. The fourth-order valence-electron chi connectivity index (χ4n) is 5.67. The van der Waals surface area contributed by atoms with E-state index in [1.807, 2.05) is 24.3 Å². The molecule has 12 nitrogen and oxygen atoms in total. The highest BCUT2D eigenvalue weighted by atomic mass is 35.5. The Labute approximate surface area is 302 Å². The van der Waals surface area contributed by atoms with E-state index in [-0.39, 0.29) is 74.7 Å². The number of carbonyl (C=O) groups excluding carboxylic acids is 4. The van der Waals surface area contributed by atoms with Crippen LogP contribution in [0.4, 0.5) is 5.69 Å². The average Bonchev–Trinajstić information content (AvgIpc) is 3.62. The maximum absolute atomic E-state index is 13.2. The molecule has 13 heteroatoms. The molecular formula is C38H39ClN6O6. The zero-order valence-electron chi connectivity index (χ0n) is 28.2. The van der Waals surface area contributed by atoms with E-state index in [0.29, 0.717) is 34.6 Å². The van der Waals surface area contributed by atoms with Crippen molar-refractivity contribution in [3.63, 3.8) is 0 Å². The van der Waals surface area contributed by atoms with E-state index in [1.165, 1.54) is 6.08 Å². The Morgan fingerprint density at radius 2 is 1.73 bits per heavy atom. The summed E-state index contributed by atoms with van der Waals surface area (Å²) in [6, 6.07) is 10.6. The van der Waals surface area contributed by atoms with Crippen molar-refractivity contribution in [3.8, 4) is 23.7 Å². The lowest BCUT2D eigenvalue weighted by atomic mass is 9.81. The largest absolute Gasteiger partial charge is 0.388 e. The van der Waals surface area contributed by atoms with Gasteiger partial charge < -0.3 is 35.3 Å². The van der Waals surface area contributed by atoms with Crippen LogP contribution >= 0.6 is 12.4 Å². The summed E-state index contributed by atoms with van der Waals surface area (Å²) in [5.74, 6) is 9.85. The number of aryl methyl sites for hydroxylation is 2. The number of benzene rings is 1. The smallest absolute Gasteiger partial charge is 0.267 e. The first-order valence-corrected chi connectivity index (χ1v) is 16.0. The Bertz CT molecular complexity index is 2030. The number of aromatic nitrogens is 2. The van der Waals surface area contributed by atoms with Crippen LogP contribution in [0.5, 0.6) is 0 Å². The van der Waals surface area contributed by atoms with Crippen molar-refractivity contribution in [2.45, 2.75) is 50.4 Å². The molecule has 0 unspecified atom stereocenters. The van der Waals surface area contributed by atoms with Crippen LogP contribution in [-0.2, 0) is 47.9 Å². The number of rotatable bonds is 13. The number of amides is 2. The van der Waals surface area contributed by atoms with Crippen molar-refractivity contribution >= 4 is 47.3 Å². The summed E-state index contributed by atoms with van der Waals surface area (Å²) in [4.78, 5) is 51.5. The molecule has 1 aromatic carbocycles. The van der Waals surface area contributed by atoms with E-state index in [1.54, 1.807) is 59.9 Å². The summed E-state index contributed by atoms with van der Waals surface area (Å²) in [5, 5.41) is 23.6. The van der Waals surface area contributed by atoms with Crippen LogP contribution in [0.2, 0.25) is 0 Å². The van der Waals surface area contributed by atoms with Crippen LogP contribution in [0.15, 0.2) is 72.6 Å². The number of anilines is 1. The maximum Gasteiger partial charge on any atom is 0.267 e. The number of nitrogens with one attached hydrogen (secondary N) is 3. The number of ketones is 2. The van der Waals surface area contributed by atoms with Crippen LogP contribution < -0.4 is 16.4 Å². The molecule has 2 aromatic heterocycles. The van der Waals surface area contributed by atoms with Crippen LogP contribution in [-0.4, -0.2) is 61.7 Å². The minimum atomic E-state index is -1.75. The van der Waals surface area contributed by atoms with Crippen LogP contribution in [0.25, 0.3) is 0 Å². The van der Waals surface area contributed by atoms with Crippen molar-refractivity contribution in [2.24, 2.45) is 19.8 Å². The first kappa shape index (κ1) is 38.1. The number of nitrogens with zero attached hydrogens (tertiary/aromatic N) is 2. The standard InChI is InChI=1S/C38H38N6O6.ClH/c1-43-22-27(18-31(43)37(48)41-17-14-34(39)40)19-32(45)30-21-28(23-44(30)2)42-35(46)20-25-10-12-26(13-11-25)24-50-33-9-5-3-4-6-15-38(49)16-7-8-29(33)36(38)47;/h3-4,8,10-13,18,21-23,33,49H,7,14,16-17,19-20,24H2,1-2H3,(H3,39,40)(H,41,48)(H,42,46);1H/b4-3-;/t33-,38-;/m0./s1. The Morgan fingerprint density at radius 1 is 1.02 bits per heavy atom. The summed E-state index contributed by atoms with van der Waals surface area (Å²) in [6.45, 7) is 0.400. The van der Waals surface area contributed by atoms with Gasteiger partial charge in [0.15, 0.2) is 11.4 Å². The zero-order chi connectivity index (χ0) is 35.8. The normalized spacial score (nSPS) is 18.1. The van der Waals surface area contributed by atoms with Gasteiger partial charge in [-0.2, -0.15) is 0 Å². The van der Waals surface area contributed by atoms with Crippen molar-refractivity contribution in [1.82, 2.24) is 14.5 Å². The second-order valence-electron chi connectivity index (χ2n) is 12.2. The predicted octanol–water partition coefficient (Wildman–Crippen LogP) is 2.93. The van der Waals surface area contributed by atoms with Crippen LogP contribution in [0.3, 0.4) is 0 Å². The predicted molar refractivity (Wildman–Crippen MR) is 194 cm³/mol. The number of aliphatic hydroxyl groups is 1. The lowest BCUT2D eigenvalue weighted by Gasteiger charge is -2.28. The van der Waals surface area contributed by atoms with Crippen molar-refractivity contribution in [1.29, 1.82) is 5.41 Å². The Balaban J connectivity index is 0.00000583. The van der Waals surface area contributed by atoms with Gasteiger partial charge in [-0.1, -0.05) is 54.0 Å². The number of Topliss-reactive ketones (excluding diaryl/α,β-unsaturated/α-hetero) is 2. The second-order valence-corrected chi connectivity index (χ2v) is 12.2. The Hall–Kier alpha value is -5.66. The number of nitrogens with two attached hydrogens (primary N) is 1. The zero-order valence-corrected chi connectivity index (χ0v) is 29.1. The molecule has 2 heterocycles. The van der Waals surface area contributed by atoms with Crippen molar-refractivity contribution in [3.05, 3.63) is 101 Å². The minimum absolute atomic E-state index is 0. The van der Waals surface area contributed by atoms with Crippen molar-refractivity contribution in [2.75, 3.05) is 11.9 Å². The highest BCUT2D eigenvalue weighted by molar-refractivity contribution is 6.06. The van der Waals surface area contributed by atoms with Gasteiger partial charge in [0, 0.05) is 51.4 Å². The molecule has 2 aliphatic rings. The number of carbonyl (C=O) groups is 4. The lowest BCUT2D eigenvalue weighted by molar-refractivity contribution is -0.130. The quantitative estimate of drug-likeness (QED) is 0.0783. The molecule has 2 amide bonds. The number of amidine groups is 1. The molecule has 2 bridgehead atoms. The topological polar surface area (TPSA) is 182 Å². The summed E-state index contributed by atoms with van der Waals surface area (Å²) in [6.07, 6.45) is 8.47. The van der Waals surface area contributed by atoms with Gasteiger partial charge in [0.1, 0.15) is 11.8 Å². The fraction of sp³-hybridized carbons (Fsp3) is 0.289. The molecule has 2 atom stereocenters. The van der Waals surface area contributed by atoms with E-state index in [2.05, 4.69) is 34.3 Å². The van der Waals surface area contributed by atoms with E-state index >= 15 is 0 Å². The molecule has 264 valence electrons. The molecule has 0 saturated carbocycles. The minimum Gasteiger partial charge on any atom is -0.388 e. The number of halogens is 1. The molecule has 5 rings (SSSR count). The summed E-state index contributed by atoms with van der Waals surface area (Å²) < 4.78 is 9.31. The van der Waals surface area contributed by atoms with Crippen molar-refractivity contribution < 1.29 is 29.0 Å². The monoisotopic (exact) mass is 710 g/mol. The third kappa shape index (κ3) is 9.74. The molecule has 3 aromatic rings. The number of fused-ring (bicyclic) bond motifs is 2. The Morgan fingerprint density at radius 3 is 2.47 bits per heavy atom. The molecule has 0 radical (unpaired) electrons. The number of ether oxygens (including phenoxy) is 1. The highest BCUT2D eigenvalue weighted by Crippen LogP contribution is 2.28. The molecule has 6 N–H and O–H groups in total. The molecule has 0 spiro atoms. The highest BCUT2D eigenvalue weighted by Gasteiger charge is 2.40. The van der Waals surface area contributed by atoms with Crippen LogP contribution in [0.1, 0.15) is 56.9 Å². The molecular weight excluding hydrogens is 672 g/mol. The van der Waals surface area contributed by atoms with E-state index < -0.39 is 17.5 Å². The second kappa shape index (κ2) is 16.8. The molecule has 0 saturated heterocycles. The number of allylic oxidation sites excluding steroid dienone is 3. The summed E-state index contributed by atoms with van der Waals surface area (Å²) in [5.41, 5.74) is 7.40. The summed E-state index contributed by atoms with van der Waals surface area (Å²) in [7, 11) is 3.44. The molecule has 2 aliphatic carbocycles. The number of hydrogen-bond acceptors (Lipinski definition) is 7. The van der Waals surface area contributed by atoms with Gasteiger partial charge in [0.25, 0.3) is 5.91 Å². The van der Waals surface area contributed by atoms with E-state index in [4.69, 9.17) is 15.9 Å². The molecule has 0 aliphatic heterocycles. The van der Waals surface area contributed by atoms with Gasteiger partial charge in [0.2, 0.25) is 11.7 Å².